The molecular formula is C28H30N2O2. The third-order valence-corrected chi connectivity index (χ3v) is 6.78. The van der Waals surface area contributed by atoms with Gasteiger partial charge in [0.25, 0.3) is 0 Å². The lowest BCUT2D eigenvalue weighted by molar-refractivity contribution is -0.139. The number of rotatable bonds is 6. The van der Waals surface area contributed by atoms with Gasteiger partial charge in [-0.05, 0) is 61.2 Å². The van der Waals surface area contributed by atoms with E-state index in [2.05, 4.69) is 52.3 Å². The molecule has 0 aromatic heterocycles. The average Bonchev–Trinajstić information content (AvgIpc) is 3.11. The predicted molar refractivity (Wildman–Crippen MR) is 126 cm³/mol. The highest BCUT2D eigenvalue weighted by Gasteiger charge is 2.48. The van der Waals surface area contributed by atoms with Gasteiger partial charge < -0.3 is 9.64 Å². The number of hydrogen-bond donors (Lipinski definition) is 0. The molecule has 5 rings (SSSR count). The average molecular weight is 427 g/mol. The van der Waals surface area contributed by atoms with E-state index in [1.165, 1.54) is 5.56 Å². The number of amides is 1. The summed E-state index contributed by atoms with van der Waals surface area (Å²) in [5.41, 5.74) is 2.26. The first-order valence-electron chi connectivity index (χ1n) is 11.6. The first-order valence-corrected chi connectivity index (χ1v) is 11.6. The van der Waals surface area contributed by atoms with E-state index in [9.17, 15) is 4.79 Å². The van der Waals surface area contributed by atoms with Gasteiger partial charge in [0, 0.05) is 26.2 Å². The number of benzene rings is 3. The van der Waals surface area contributed by atoms with Gasteiger partial charge in [-0.2, -0.15) is 0 Å². The molecule has 2 aliphatic heterocycles. The number of nitrogens with zero attached hydrogens (tertiary/aromatic N) is 2. The van der Waals surface area contributed by atoms with E-state index in [4.69, 9.17) is 4.74 Å². The van der Waals surface area contributed by atoms with Gasteiger partial charge in [-0.25, -0.2) is 0 Å². The largest absolute Gasteiger partial charge is 0.457 e. The van der Waals surface area contributed by atoms with Crippen LogP contribution < -0.4 is 4.74 Å². The van der Waals surface area contributed by atoms with E-state index in [0.29, 0.717) is 12.5 Å². The minimum Gasteiger partial charge on any atom is -0.457 e. The Kier molecular flexibility index (Phi) is 5.95. The van der Waals surface area contributed by atoms with Crippen LogP contribution in [0.4, 0.5) is 0 Å². The first kappa shape index (κ1) is 20.8. The normalized spacial score (nSPS) is 21.2. The SMILES string of the molecule is O=C1N(Cc2ccc(Oc3ccccc3)cc2)CCC12CCCN(Cc1ccccc1)C2. The van der Waals surface area contributed by atoms with E-state index in [0.717, 1.165) is 62.5 Å². The molecule has 0 bridgehead atoms. The Hall–Kier alpha value is -3.11. The van der Waals surface area contributed by atoms with Crippen molar-refractivity contribution in [2.75, 3.05) is 19.6 Å². The van der Waals surface area contributed by atoms with Crippen molar-refractivity contribution in [2.24, 2.45) is 5.41 Å². The predicted octanol–water partition coefficient (Wildman–Crippen LogP) is 5.49. The Morgan fingerprint density at radius 2 is 1.38 bits per heavy atom. The summed E-state index contributed by atoms with van der Waals surface area (Å²) in [5.74, 6) is 1.97. The van der Waals surface area contributed by atoms with Gasteiger partial charge in [0.15, 0.2) is 0 Å². The fourth-order valence-corrected chi connectivity index (χ4v) is 5.13. The molecule has 0 saturated carbocycles. The summed E-state index contributed by atoms with van der Waals surface area (Å²) in [4.78, 5) is 18.0. The second-order valence-electron chi connectivity index (χ2n) is 9.12. The van der Waals surface area contributed by atoms with Crippen molar-refractivity contribution < 1.29 is 9.53 Å². The molecule has 2 heterocycles. The summed E-state index contributed by atoms with van der Waals surface area (Å²) in [7, 11) is 0. The zero-order valence-electron chi connectivity index (χ0n) is 18.5. The van der Waals surface area contributed by atoms with Crippen molar-refractivity contribution in [3.05, 3.63) is 96.1 Å². The second kappa shape index (κ2) is 9.17. The van der Waals surface area contributed by atoms with Gasteiger partial charge in [0.05, 0.1) is 5.41 Å². The zero-order valence-corrected chi connectivity index (χ0v) is 18.5. The highest BCUT2D eigenvalue weighted by Crippen LogP contribution is 2.41. The van der Waals surface area contributed by atoms with Gasteiger partial charge in [0.2, 0.25) is 5.91 Å². The van der Waals surface area contributed by atoms with Crippen molar-refractivity contribution >= 4 is 5.91 Å². The number of carbonyl (C=O) groups is 1. The molecule has 32 heavy (non-hydrogen) atoms. The second-order valence-corrected chi connectivity index (χ2v) is 9.12. The fourth-order valence-electron chi connectivity index (χ4n) is 5.13. The van der Waals surface area contributed by atoms with Crippen molar-refractivity contribution in [1.29, 1.82) is 0 Å². The smallest absolute Gasteiger partial charge is 0.230 e. The maximum atomic E-state index is 13.5. The molecule has 1 atom stereocenters. The minimum atomic E-state index is -0.205. The van der Waals surface area contributed by atoms with Crippen LogP contribution in [0, 0.1) is 5.41 Å². The van der Waals surface area contributed by atoms with Crippen LogP contribution in [-0.2, 0) is 17.9 Å². The molecule has 1 amide bonds. The van der Waals surface area contributed by atoms with Gasteiger partial charge in [0.1, 0.15) is 11.5 Å². The topological polar surface area (TPSA) is 32.8 Å². The summed E-state index contributed by atoms with van der Waals surface area (Å²) in [6.45, 7) is 4.40. The zero-order chi connectivity index (χ0) is 21.8. The van der Waals surface area contributed by atoms with Crippen molar-refractivity contribution in [1.82, 2.24) is 9.80 Å². The van der Waals surface area contributed by atoms with E-state index in [1.807, 2.05) is 42.5 Å². The summed E-state index contributed by atoms with van der Waals surface area (Å²) >= 11 is 0. The number of hydrogen-bond acceptors (Lipinski definition) is 3. The van der Waals surface area contributed by atoms with Crippen LogP contribution in [0.15, 0.2) is 84.9 Å². The molecule has 164 valence electrons. The van der Waals surface area contributed by atoms with Crippen LogP contribution in [0.5, 0.6) is 11.5 Å². The van der Waals surface area contributed by atoms with Crippen LogP contribution in [-0.4, -0.2) is 35.3 Å². The van der Waals surface area contributed by atoms with Crippen LogP contribution in [0.3, 0.4) is 0 Å². The van der Waals surface area contributed by atoms with Crippen LogP contribution in [0.2, 0.25) is 0 Å². The van der Waals surface area contributed by atoms with E-state index in [-0.39, 0.29) is 5.41 Å². The van der Waals surface area contributed by atoms with Gasteiger partial charge in [-0.1, -0.05) is 60.7 Å². The molecule has 1 unspecified atom stereocenters. The van der Waals surface area contributed by atoms with Crippen LogP contribution >= 0.6 is 0 Å². The lowest BCUT2D eigenvalue weighted by Gasteiger charge is -2.39. The Labute approximate surface area is 190 Å². The maximum Gasteiger partial charge on any atom is 0.230 e. The molecule has 0 aliphatic carbocycles. The van der Waals surface area contributed by atoms with Gasteiger partial charge >= 0.3 is 0 Å². The van der Waals surface area contributed by atoms with Gasteiger partial charge in [-0.3, -0.25) is 9.69 Å². The highest BCUT2D eigenvalue weighted by atomic mass is 16.5. The van der Waals surface area contributed by atoms with Crippen molar-refractivity contribution in [2.45, 2.75) is 32.4 Å². The lowest BCUT2D eigenvalue weighted by Crippen LogP contribution is -2.47. The number of likely N-dealkylation sites (tertiary alicyclic amines) is 2. The van der Waals surface area contributed by atoms with Crippen molar-refractivity contribution in [3.63, 3.8) is 0 Å². The minimum absolute atomic E-state index is 0.205. The fraction of sp³-hybridized carbons (Fsp3) is 0.321. The standard InChI is InChI=1S/C28H30N2O2/c31-27-28(16-7-18-29(22-28)20-23-8-3-1-4-9-23)17-19-30(27)21-24-12-14-26(15-13-24)32-25-10-5-2-6-11-25/h1-6,8-15H,7,16-22H2. The number of piperidine rings is 1. The van der Waals surface area contributed by atoms with Gasteiger partial charge in [-0.15, -0.1) is 0 Å². The summed E-state index contributed by atoms with van der Waals surface area (Å²) in [5, 5.41) is 0. The van der Waals surface area contributed by atoms with E-state index >= 15 is 0 Å². The molecule has 3 aromatic carbocycles. The van der Waals surface area contributed by atoms with Crippen LogP contribution in [0.1, 0.15) is 30.4 Å². The molecule has 4 nitrogen and oxygen atoms in total. The number of carbonyl (C=O) groups excluding carboxylic acids is 1. The number of ether oxygens (including phenoxy) is 1. The molecular weight excluding hydrogens is 396 g/mol. The van der Waals surface area contributed by atoms with Crippen molar-refractivity contribution in [3.8, 4) is 11.5 Å². The monoisotopic (exact) mass is 426 g/mol. The molecule has 4 heteroatoms. The van der Waals surface area contributed by atoms with Crippen LogP contribution in [0.25, 0.3) is 0 Å². The summed E-state index contributed by atoms with van der Waals surface area (Å²) in [6.07, 6.45) is 3.07. The molecule has 2 aliphatic rings. The number of para-hydroxylation sites is 1. The van der Waals surface area contributed by atoms with E-state index < -0.39 is 0 Å². The highest BCUT2D eigenvalue weighted by molar-refractivity contribution is 5.85. The first-order chi connectivity index (χ1) is 15.7. The molecule has 1 spiro atoms. The Bertz CT molecular complexity index is 1040. The lowest BCUT2D eigenvalue weighted by atomic mass is 9.78. The molecule has 3 aromatic rings. The Morgan fingerprint density at radius 1 is 0.719 bits per heavy atom. The Balaban J connectivity index is 1.20. The Morgan fingerprint density at radius 3 is 2.12 bits per heavy atom. The molecule has 0 N–H and O–H groups in total. The maximum absolute atomic E-state index is 13.5. The summed E-state index contributed by atoms with van der Waals surface area (Å²) < 4.78 is 5.89. The van der Waals surface area contributed by atoms with E-state index in [1.54, 1.807) is 0 Å². The quantitative estimate of drug-likeness (QED) is 0.522. The molecule has 2 fully saturated rings. The molecule has 2 saturated heterocycles. The third kappa shape index (κ3) is 4.56. The third-order valence-electron chi connectivity index (χ3n) is 6.78. The molecule has 0 radical (unpaired) electrons. The summed E-state index contributed by atoms with van der Waals surface area (Å²) in [6, 6.07) is 28.5.